The van der Waals surface area contributed by atoms with E-state index in [1.165, 1.54) is 17.4 Å². The number of halogens is 1. The summed E-state index contributed by atoms with van der Waals surface area (Å²) in [7, 11) is 1.34. The van der Waals surface area contributed by atoms with Crippen LogP contribution in [-0.4, -0.2) is 33.0 Å². The number of rotatable bonds is 5. The SMILES string of the molecule is COC(=O)Cn1cc(-c2nc(C3(c4ccc(Br)cc4)CCC3)no2)cn1. The van der Waals surface area contributed by atoms with Crippen molar-refractivity contribution in [1.82, 2.24) is 19.9 Å². The molecule has 2 aromatic heterocycles. The van der Waals surface area contributed by atoms with Crippen molar-refractivity contribution in [3.63, 3.8) is 0 Å². The minimum Gasteiger partial charge on any atom is -0.468 e. The number of ether oxygens (including phenoxy) is 1. The van der Waals surface area contributed by atoms with Crippen LogP contribution in [0.15, 0.2) is 45.7 Å². The first kappa shape index (κ1) is 17.0. The van der Waals surface area contributed by atoms with Gasteiger partial charge in [0.2, 0.25) is 0 Å². The molecule has 1 aromatic carbocycles. The highest BCUT2D eigenvalue weighted by Crippen LogP contribution is 2.48. The minimum atomic E-state index is -0.366. The van der Waals surface area contributed by atoms with Gasteiger partial charge in [-0.15, -0.1) is 0 Å². The molecule has 0 bridgehead atoms. The lowest BCUT2D eigenvalue weighted by atomic mass is 9.64. The standard InChI is InChI=1S/C18H17BrN4O3/c1-25-15(24)11-23-10-12(9-20-23)16-21-17(22-26-16)18(7-2-8-18)13-3-5-14(19)6-4-13/h3-6,9-10H,2,7-8,11H2,1H3. The average molecular weight is 417 g/mol. The number of nitrogens with zero attached hydrogens (tertiary/aromatic N) is 4. The fraction of sp³-hybridized carbons (Fsp3) is 0.333. The fourth-order valence-electron chi connectivity index (χ4n) is 3.23. The number of carbonyl (C=O) groups excluding carboxylic acids is 1. The van der Waals surface area contributed by atoms with Crippen molar-refractivity contribution in [3.05, 3.63) is 52.5 Å². The van der Waals surface area contributed by atoms with E-state index in [1.54, 1.807) is 12.4 Å². The molecule has 7 nitrogen and oxygen atoms in total. The van der Waals surface area contributed by atoms with Gasteiger partial charge in [0.1, 0.15) is 6.54 Å². The van der Waals surface area contributed by atoms with E-state index in [9.17, 15) is 4.79 Å². The molecule has 0 atom stereocenters. The molecule has 0 amide bonds. The molecule has 0 spiro atoms. The summed E-state index contributed by atoms with van der Waals surface area (Å²) in [4.78, 5) is 16.0. The molecule has 2 heterocycles. The average Bonchev–Trinajstić information content (AvgIpc) is 3.25. The summed E-state index contributed by atoms with van der Waals surface area (Å²) in [5.74, 6) is 0.732. The number of esters is 1. The van der Waals surface area contributed by atoms with E-state index < -0.39 is 0 Å². The molecule has 0 saturated heterocycles. The maximum atomic E-state index is 11.4. The molecule has 4 rings (SSSR count). The molecule has 1 saturated carbocycles. The second-order valence-electron chi connectivity index (χ2n) is 6.37. The molecule has 0 unspecified atom stereocenters. The zero-order chi connectivity index (χ0) is 18.1. The predicted molar refractivity (Wildman–Crippen MR) is 96.3 cm³/mol. The van der Waals surface area contributed by atoms with E-state index in [0.29, 0.717) is 17.3 Å². The molecular formula is C18H17BrN4O3. The highest BCUT2D eigenvalue weighted by molar-refractivity contribution is 9.10. The van der Waals surface area contributed by atoms with Gasteiger partial charge in [0.25, 0.3) is 5.89 Å². The summed E-state index contributed by atoms with van der Waals surface area (Å²) in [5.41, 5.74) is 1.68. The topological polar surface area (TPSA) is 83.0 Å². The van der Waals surface area contributed by atoms with E-state index in [1.807, 2.05) is 12.1 Å². The first-order valence-corrected chi connectivity index (χ1v) is 9.10. The Morgan fingerprint density at radius 2 is 2.12 bits per heavy atom. The lowest BCUT2D eigenvalue weighted by Gasteiger charge is -2.39. The maximum Gasteiger partial charge on any atom is 0.327 e. The van der Waals surface area contributed by atoms with E-state index in [4.69, 9.17) is 4.52 Å². The van der Waals surface area contributed by atoms with Crippen molar-refractivity contribution in [2.24, 2.45) is 0 Å². The van der Waals surface area contributed by atoms with Crippen LogP contribution in [0.1, 0.15) is 30.7 Å². The Balaban J connectivity index is 1.61. The van der Waals surface area contributed by atoms with E-state index in [-0.39, 0.29) is 17.9 Å². The van der Waals surface area contributed by atoms with Crippen molar-refractivity contribution in [2.75, 3.05) is 7.11 Å². The molecule has 0 radical (unpaired) electrons. The molecule has 26 heavy (non-hydrogen) atoms. The summed E-state index contributed by atoms with van der Waals surface area (Å²) in [6.45, 7) is 0.0420. The minimum absolute atomic E-state index is 0.0420. The van der Waals surface area contributed by atoms with E-state index in [0.717, 1.165) is 23.7 Å². The van der Waals surface area contributed by atoms with Crippen LogP contribution in [0.3, 0.4) is 0 Å². The van der Waals surface area contributed by atoms with Crippen molar-refractivity contribution in [1.29, 1.82) is 0 Å². The molecular weight excluding hydrogens is 400 g/mol. The normalized spacial score (nSPS) is 15.5. The van der Waals surface area contributed by atoms with Crippen LogP contribution < -0.4 is 0 Å². The summed E-state index contributed by atoms with van der Waals surface area (Å²) in [6.07, 6.45) is 6.43. The first-order valence-electron chi connectivity index (χ1n) is 8.31. The number of carbonyl (C=O) groups is 1. The molecule has 0 aliphatic heterocycles. The fourth-order valence-corrected chi connectivity index (χ4v) is 3.50. The van der Waals surface area contributed by atoms with E-state index >= 15 is 0 Å². The monoisotopic (exact) mass is 416 g/mol. The molecule has 0 N–H and O–H groups in total. The molecule has 8 heteroatoms. The number of aromatic nitrogens is 4. The number of benzene rings is 1. The highest BCUT2D eigenvalue weighted by atomic mass is 79.9. The second-order valence-corrected chi connectivity index (χ2v) is 7.28. The summed E-state index contributed by atoms with van der Waals surface area (Å²) < 4.78 is 12.7. The van der Waals surface area contributed by atoms with Crippen molar-refractivity contribution in [3.8, 4) is 11.5 Å². The number of methoxy groups -OCH3 is 1. The zero-order valence-electron chi connectivity index (χ0n) is 14.2. The third-order valence-corrected chi connectivity index (χ3v) is 5.39. The Labute approximate surface area is 158 Å². The largest absolute Gasteiger partial charge is 0.468 e. The van der Waals surface area contributed by atoms with Crippen LogP contribution in [0.25, 0.3) is 11.5 Å². The Bertz CT molecular complexity index is 928. The van der Waals surface area contributed by atoms with Gasteiger partial charge in [-0.05, 0) is 30.5 Å². The van der Waals surface area contributed by atoms with Gasteiger partial charge in [0, 0.05) is 10.7 Å². The van der Waals surface area contributed by atoms with Crippen LogP contribution in [0, 0.1) is 0 Å². The van der Waals surface area contributed by atoms with Gasteiger partial charge in [-0.25, -0.2) is 0 Å². The molecule has 134 valence electrons. The van der Waals surface area contributed by atoms with Gasteiger partial charge < -0.3 is 9.26 Å². The van der Waals surface area contributed by atoms with E-state index in [2.05, 4.69) is 48.0 Å². The summed E-state index contributed by atoms with van der Waals surface area (Å²) >= 11 is 3.48. The van der Waals surface area contributed by atoms with Gasteiger partial charge >= 0.3 is 5.97 Å². The number of hydrogen-bond donors (Lipinski definition) is 0. The van der Waals surface area contributed by atoms with Gasteiger partial charge in [-0.3, -0.25) is 9.48 Å². The second kappa shape index (κ2) is 6.68. The lowest BCUT2D eigenvalue weighted by Crippen LogP contribution is -2.36. The quantitative estimate of drug-likeness (QED) is 0.593. The third-order valence-electron chi connectivity index (χ3n) is 4.86. The van der Waals surface area contributed by atoms with Crippen LogP contribution in [-0.2, 0) is 21.5 Å². The van der Waals surface area contributed by atoms with Gasteiger partial charge in [0.05, 0.1) is 24.3 Å². The van der Waals surface area contributed by atoms with Crippen LogP contribution in [0.4, 0.5) is 0 Å². The highest BCUT2D eigenvalue weighted by Gasteiger charge is 2.44. The van der Waals surface area contributed by atoms with Crippen LogP contribution >= 0.6 is 15.9 Å². The molecule has 3 aromatic rings. The van der Waals surface area contributed by atoms with Crippen molar-refractivity contribution >= 4 is 21.9 Å². The summed E-state index contributed by atoms with van der Waals surface area (Å²) in [6, 6.07) is 8.28. The Morgan fingerprint density at radius 3 is 2.77 bits per heavy atom. The van der Waals surface area contributed by atoms with Gasteiger partial charge in [0.15, 0.2) is 5.82 Å². The lowest BCUT2D eigenvalue weighted by molar-refractivity contribution is -0.141. The zero-order valence-corrected chi connectivity index (χ0v) is 15.8. The smallest absolute Gasteiger partial charge is 0.327 e. The molecule has 1 aliphatic carbocycles. The van der Waals surface area contributed by atoms with Crippen LogP contribution in [0.2, 0.25) is 0 Å². The number of hydrogen-bond acceptors (Lipinski definition) is 6. The maximum absolute atomic E-state index is 11.4. The van der Waals surface area contributed by atoms with Crippen molar-refractivity contribution in [2.45, 2.75) is 31.2 Å². The third kappa shape index (κ3) is 2.94. The van der Waals surface area contributed by atoms with Crippen LogP contribution in [0.5, 0.6) is 0 Å². The van der Waals surface area contributed by atoms with Gasteiger partial charge in [-0.2, -0.15) is 10.1 Å². The molecule has 1 fully saturated rings. The summed E-state index contributed by atoms with van der Waals surface area (Å²) in [5, 5.41) is 8.38. The Morgan fingerprint density at radius 1 is 1.35 bits per heavy atom. The van der Waals surface area contributed by atoms with Crippen molar-refractivity contribution < 1.29 is 14.1 Å². The predicted octanol–water partition coefficient (Wildman–Crippen LogP) is 3.34. The first-order chi connectivity index (χ1) is 12.6. The van der Waals surface area contributed by atoms with Gasteiger partial charge in [-0.1, -0.05) is 39.6 Å². The Kier molecular flexibility index (Phi) is 4.36. The molecule has 1 aliphatic rings. The Hall–Kier alpha value is -2.48.